The third-order valence-electron chi connectivity index (χ3n) is 3.59. The van der Waals surface area contributed by atoms with Crippen molar-refractivity contribution in [3.05, 3.63) is 71.7 Å². The Labute approximate surface area is 154 Å². The lowest BCUT2D eigenvalue weighted by atomic mass is 10.2. The fraction of sp³-hybridized carbons (Fsp3) is 0.105. The van der Waals surface area contributed by atoms with Gasteiger partial charge in [-0.05, 0) is 31.2 Å². The number of hydrogen-bond donors (Lipinski definition) is 2. The molecule has 27 heavy (non-hydrogen) atoms. The molecule has 138 valence electrons. The summed E-state index contributed by atoms with van der Waals surface area (Å²) in [5.74, 6) is -1.16. The van der Waals surface area contributed by atoms with Crippen LogP contribution in [0.15, 0.2) is 48.5 Å². The number of methoxy groups -OCH3 is 1. The van der Waals surface area contributed by atoms with E-state index < -0.39 is 17.5 Å². The predicted molar refractivity (Wildman–Crippen MR) is 97.4 cm³/mol. The highest BCUT2D eigenvalue weighted by Gasteiger charge is 2.12. The summed E-state index contributed by atoms with van der Waals surface area (Å²) in [7, 11) is 1.56. The maximum Gasteiger partial charge on any atom is 0.274 e. The Bertz CT molecular complexity index is 995. The summed E-state index contributed by atoms with van der Waals surface area (Å²) in [6.07, 6.45) is 0. The van der Waals surface area contributed by atoms with Crippen molar-refractivity contribution in [1.82, 2.24) is 9.97 Å². The first-order valence-corrected chi connectivity index (χ1v) is 7.98. The van der Waals surface area contributed by atoms with Crippen LogP contribution in [0.3, 0.4) is 0 Å². The lowest BCUT2D eigenvalue weighted by Gasteiger charge is -2.10. The Hall–Kier alpha value is -3.55. The van der Waals surface area contributed by atoms with Gasteiger partial charge in [-0.1, -0.05) is 6.07 Å². The average molecular weight is 370 g/mol. The van der Waals surface area contributed by atoms with Crippen molar-refractivity contribution in [3.63, 3.8) is 0 Å². The molecule has 0 atom stereocenters. The van der Waals surface area contributed by atoms with Gasteiger partial charge in [0.15, 0.2) is 11.6 Å². The molecular weight excluding hydrogens is 354 g/mol. The van der Waals surface area contributed by atoms with E-state index in [2.05, 4.69) is 20.6 Å². The summed E-state index contributed by atoms with van der Waals surface area (Å²) in [5, 5.41) is 5.55. The summed E-state index contributed by atoms with van der Waals surface area (Å²) in [5.41, 5.74) is 0.925. The largest absolute Gasteiger partial charge is 0.497 e. The highest BCUT2D eigenvalue weighted by molar-refractivity contribution is 6.03. The molecule has 0 fully saturated rings. The number of aromatic nitrogens is 2. The van der Waals surface area contributed by atoms with Gasteiger partial charge in [-0.3, -0.25) is 4.79 Å². The summed E-state index contributed by atoms with van der Waals surface area (Å²) in [6.45, 7) is 1.64. The van der Waals surface area contributed by atoms with E-state index in [0.717, 1.165) is 17.8 Å². The molecule has 3 rings (SSSR count). The number of anilines is 3. The molecule has 0 saturated heterocycles. The Morgan fingerprint density at radius 1 is 1.00 bits per heavy atom. The maximum absolute atomic E-state index is 13.3. The van der Waals surface area contributed by atoms with Crippen molar-refractivity contribution in [2.75, 3.05) is 17.7 Å². The second-order valence-corrected chi connectivity index (χ2v) is 5.63. The molecular formula is C19H16F2N4O2. The second-order valence-electron chi connectivity index (χ2n) is 5.63. The molecule has 0 aliphatic rings. The molecule has 0 aliphatic heterocycles. The predicted octanol–water partition coefficient (Wildman–Crippen LogP) is 4.07. The molecule has 0 saturated carbocycles. The molecule has 1 aromatic heterocycles. The molecule has 2 aromatic carbocycles. The molecule has 8 heteroatoms. The minimum Gasteiger partial charge on any atom is -0.497 e. The van der Waals surface area contributed by atoms with Crippen LogP contribution >= 0.6 is 0 Å². The van der Waals surface area contributed by atoms with Crippen LogP contribution in [0.4, 0.5) is 26.0 Å². The fourth-order valence-electron chi connectivity index (χ4n) is 2.37. The van der Waals surface area contributed by atoms with Crippen LogP contribution < -0.4 is 15.4 Å². The third kappa shape index (κ3) is 4.55. The number of halogens is 2. The molecule has 0 unspecified atom stereocenters. The molecule has 3 aromatic rings. The van der Waals surface area contributed by atoms with Crippen LogP contribution in [-0.4, -0.2) is 23.0 Å². The molecule has 0 radical (unpaired) electrons. The summed E-state index contributed by atoms with van der Waals surface area (Å²) in [4.78, 5) is 20.7. The number of nitrogens with one attached hydrogen (secondary N) is 2. The zero-order valence-corrected chi connectivity index (χ0v) is 14.6. The second kappa shape index (κ2) is 7.77. The van der Waals surface area contributed by atoms with Gasteiger partial charge in [-0.15, -0.1) is 0 Å². The van der Waals surface area contributed by atoms with E-state index in [-0.39, 0.29) is 11.4 Å². The lowest BCUT2D eigenvalue weighted by molar-refractivity contribution is 0.102. The van der Waals surface area contributed by atoms with Gasteiger partial charge in [0.1, 0.15) is 23.1 Å². The van der Waals surface area contributed by atoms with E-state index >= 15 is 0 Å². The summed E-state index contributed by atoms with van der Waals surface area (Å²) >= 11 is 0. The molecule has 2 N–H and O–H groups in total. The number of hydrogen-bond acceptors (Lipinski definition) is 5. The Morgan fingerprint density at radius 2 is 1.81 bits per heavy atom. The number of ether oxygens (including phenoxy) is 1. The van der Waals surface area contributed by atoms with Gasteiger partial charge in [0, 0.05) is 29.6 Å². The van der Waals surface area contributed by atoms with E-state index in [9.17, 15) is 13.6 Å². The Kier molecular flexibility index (Phi) is 5.25. The normalized spacial score (nSPS) is 10.4. The van der Waals surface area contributed by atoms with Crippen LogP contribution in [-0.2, 0) is 0 Å². The van der Waals surface area contributed by atoms with Gasteiger partial charge < -0.3 is 15.4 Å². The topological polar surface area (TPSA) is 76.1 Å². The number of aryl methyl sites for hydroxylation is 1. The average Bonchev–Trinajstić information content (AvgIpc) is 2.64. The van der Waals surface area contributed by atoms with Gasteiger partial charge in [0.2, 0.25) is 0 Å². The summed E-state index contributed by atoms with van der Waals surface area (Å²) < 4.78 is 31.5. The molecule has 0 spiro atoms. The first kappa shape index (κ1) is 18.2. The van der Waals surface area contributed by atoms with Gasteiger partial charge >= 0.3 is 0 Å². The van der Waals surface area contributed by atoms with Crippen molar-refractivity contribution in [2.24, 2.45) is 0 Å². The minimum absolute atomic E-state index is 0.0811. The number of amides is 1. The van der Waals surface area contributed by atoms with Crippen molar-refractivity contribution in [2.45, 2.75) is 6.92 Å². The minimum atomic E-state index is -1.05. The molecule has 6 nitrogen and oxygen atoms in total. The zero-order chi connectivity index (χ0) is 19.4. The van der Waals surface area contributed by atoms with Crippen molar-refractivity contribution in [3.8, 4) is 5.75 Å². The van der Waals surface area contributed by atoms with E-state index in [0.29, 0.717) is 17.4 Å². The first-order valence-electron chi connectivity index (χ1n) is 7.98. The first-order chi connectivity index (χ1) is 12.9. The monoisotopic (exact) mass is 370 g/mol. The molecule has 1 amide bonds. The van der Waals surface area contributed by atoms with Crippen LogP contribution in [0.1, 0.15) is 16.3 Å². The van der Waals surface area contributed by atoms with Crippen LogP contribution in [0.25, 0.3) is 0 Å². The van der Waals surface area contributed by atoms with Gasteiger partial charge in [0.25, 0.3) is 5.91 Å². The zero-order valence-electron chi connectivity index (χ0n) is 14.6. The van der Waals surface area contributed by atoms with Gasteiger partial charge in [0.05, 0.1) is 7.11 Å². The maximum atomic E-state index is 13.3. The van der Waals surface area contributed by atoms with Gasteiger partial charge in [-0.25, -0.2) is 18.7 Å². The highest BCUT2D eigenvalue weighted by Crippen LogP contribution is 2.21. The molecule has 1 heterocycles. The Balaban J connectivity index is 1.81. The van der Waals surface area contributed by atoms with E-state index in [1.807, 2.05) is 12.1 Å². The highest BCUT2D eigenvalue weighted by atomic mass is 19.2. The van der Waals surface area contributed by atoms with Crippen molar-refractivity contribution in [1.29, 1.82) is 0 Å². The van der Waals surface area contributed by atoms with Crippen molar-refractivity contribution >= 4 is 23.1 Å². The smallest absolute Gasteiger partial charge is 0.274 e. The fourth-order valence-corrected chi connectivity index (χ4v) is 2.37. The number of carbonyl (C=O) groups excluding carboxylic acids is 1. The molecule has 0 aliphatic carbocycles. The lowest BCUT2D eigenvalue weighted by Crippen LogP contribution is -2.15. The number of benzene rings is 2. The number of nitrogens with zero attached hydrogens (tertiary/aromatic N) is 2. The standard InChI is InChI=1S/C19H16F2N4O2/c1-11-22-17(19(26)25-13-6-7-15(20)16(21)9-13)10-18(23-11)24-12-4-3-5-14(8-12)27-2/h3-10H,1-2H3,(H,25,26)(H,22,23,24). The van der Waals surface area contributed by atoms with Crippen molar-refractivity contribution < 1.29 is 18.3 Å². The van der Waals surface area contributed by atoms with E-state index in [1.165, 1.54) is 12.1 Å². The van der Waals surface area contributed by atoms with E-state index in [4.69, 9.17) is 4.74 Å². The Morgan fingerprint density at radius 3 is 2.56 bits per heavy atom. The van der Waals surface area contributed by atoms with Crippen LogP contribution in [0, 0.1) is 18.6 Å². The van der Waals surface area contributed by atoms with Gasteiger partial charge in [-0.2, -0.15) is 0 Å². The molecule has 0 bridgehead atoms. The number of rotatable bonds is 5. The quantitative estimate of drug-likeness (QED) is 0.708. The summed E-state index contributed by atoms with van der Waals surface area (Å²) in [6, 6.07) is 11.8. The third-order valence-corrected chi connectivity index (χ3v) is 3.59. The SMILES string of the molecule is COc1cccc(Nc2cc(C(=O)Nc3ccc(F)c(F)c3)nc(C)n2)c1. The van der Waals surface area contributed by atoms with E-state index in [1.54, 1.807) is 26.2 Å². The number of carbonyl (C=O) groups is 1. The van der Waals surface area contributed by atoms with Crippen LogP contribution in [0.2, 0.25) is 0 Å². The van der Waals surface area contributed by atoms with Crippen LogP contribution in [0.5, 0.6) is 5.75 Å².